The normalized spacial score (nSPS) is 9.30. The van der Waals surface area contributed by atoms with E-state index in [1.54, 1.807) is 25.4 Å². The van der Waals surface area contributed by atoms with Gasteiger partial charge in [0.1, 0.15) is 6.20 Å². The van der Waals surface area contributed by atoms with Crippen molar-refractivity contribution >= 4 is 5.82 Å². The summed E-state index contributed by atoms with van der Waals surface area (Å²) < 4.78 is 6.20. The molecule has 54 valence electrons. The Bertz CT molecular complexity index is 236. The fourth-order valence-electron chi connectivity index (χ4n) is 0.689. The van der Waals surface area contributed by atoms with Gasteiger partial charge in [0.15, 0.2) is 0 Å². The van der Waals surface area contributed by atoms with E-state index in [4.69, 9.17) is 16.3 Å². The van der Waals surface area contributed by atoms with Crippen molar-refractivity contribution < 1.29 is 9.41 Å². The number of nitrogens with zero attached hydrogens (tertiary/aromatic N) is 1. The van der Waals surface area contributed by atoms with Crippen LogP contribution >= 0.6 is 0 Å². The van der Waals surface area contributed by atoms with Crippen molar-refractivity contribution in [1.29, 1.82) is 0 Å². The number of hydrogen-bond acceptors (Lipinski definition) is 3. The van der Waals surface area contributed by atoms with Gasteiger partial charge in [-0.15, -0.1) is 4.68 Å². The largest absolute Gasteiger partial charge is 0.489 e. The molecule has 4 N–H and O–H groups in total. The highest BCUT2D eigenvalue weighted by Crippen LogP contribution is 2.12. The predicted molar refractivity (Wildman–Crippen MR) is 37.8 cm³/mol. The van der Waals surface area contributed by atoms with Crippen molar-refractivity contribution in [3.63, 3.8) is 0 Å². The second-order valence-corrected chi connectivity index (χ2v) is 1.87. The number of anilines is 1. The van der Waals surface area contributed by atoms with Crippen LogP contribution in [0.25, 0.3) is 0 Å². The molecule has 0 aliphatic carbocycles. The molecule has 0 amide bonds. The van der Waals surface area contributed by atoms with Crippen LogP contribution in [0, 0.1) is 0 Å². The second-order valence-electron chi connectivity index (χ2n) is 1.87. The van der Waals surface area contributed by atoms with E-state index in [1.807, 2.05) is 0 Å². The van der Waals surface area contributed by atoms with Crippen molar-refractivity contribution in [2.45, 2.75) is 0 Å². The van der Waals surface area contributed by atoms with E-state index in [1.165, 1.54) is 4.68 Å². The van der Waals surface area contributed by atoms with Crippen molar-refractivity contribution in [2.75, 3.05) is 18.7 Å². The molecule has 0 saturated heterocycles. The highest BCUT2D eigenvalue weighted by atomic mass is 16.5. The molecule has 1 aromatic heterocycles. The van der Waals surface area contributed by atoms with E-state index >= 15 is 0 Å². The van der Waals surface area contributed by atoms with Crippen LogP contribution in [-0.4, -0.2) is 7.11 Å². The standard InChI is InChI=1S/C6H9N3O/c1-10-5-3-2-4-9(8)6(5)7/h2-4,7H,8H2,1H3/p+1. The Morgan fingerprint density at radius 3 is 2.80 bits per heavy atom. The number of aromatic nitrogens is 1. The number of methoxy groups -OCH3 is 1. The van der Waals surface area contributed by atoms with Crippen LogP contribution in [0.1, 0.15) is 0 Å². The molecule has 0 spiro atoms. The fraction of sp³-hybridized carbons (Fsp3) is 0.167. The predicted octanol–water partition coefficient (Wildman–Crippen LogP) is -0.721. The Balaban J connectivity index is 3.14. The van der Waals surface area contributed by atoms with E-state index in [-0.39, 0.29) is 0 Å². The highest BCUT2D eigenvalue weighted by Gasteiger charge is 2.06. The van der Waals surface area contributed by atoms with Gasteiger partial charge in [-0.3, -0.25) is 11.6 Å². The lowest BCUT2D eigenvalue weighted by Crippen LogP contribution is -2.46. The average Bonchev–Trinajstić information content (AvgIpc) is 1.95. The lowest BCUT2D eigenvalue weighted by molar-refractivity contribution is -0.624. The van der Waals surface area contributed by atoms with E-state index in [9.17, 15) is 0 Å². The zero-order valence-electron chi connectivity index (χ0n) is 5.74. The SMILES string of the molecule is COc1ccc[n+](N)c1N. The van der Waals surface area contributed by atoms with E-state index in [0.717, 1.165) is 0 Å². The first-order valence-corrected chi connectivity index (χ1v) is 2.85. The Kier molecular flexibility index (Phi) is 1.62. The third-order valence-corrected chi connectivity index (χ3v) is 1.24. The van der Waals surface area contributed by atoms with Gasteiger partial charge >= 0.3 is 5.82 Å². The van der Waals surface area contributed by atoms with Crippen LogP contribution in [0.3, 0.4) is 0 Å². The molecular weight excluding hydrogens is 130 g/mol. The Hall–Kier alpha value is -1.45. The molecular formula is C6H10N3O+. The van der Waals surface area contributed by atoms with Crippen molar-refractivity contribution in [1.82, 2.24) is 0 Å². The number of hydrogen-bond donors (Lipinski definition) is 2. The van der Waals surface area contributed by atoms with Gasteiger partial charge < -0.3 is 4.74 Å². The number of pyridine rings is 1. The van der Waals surface area contributed by atoms with Gasteiger partial charge in [-0.25, -0.2) is 0 Å². The minimum absolute atomic E-state index is 0.421. The maximum Gasteiger partial charge on any atom is 0.338 e. The molecule has 0 atom stereocenters. The summed E-state index contributed by atoms with van der Waals surface area (Å²) in [7, 11) is 1.55. The quantitative estimate of drug-likeness (QED) is 0.399. The molecule has 1 rings (SSSR count). The Morgan fingerprint density at radius 2 is 2.30 bits per heavy atom. The maximum atomic E-state index is 5.51. The van der Waals surface area contributed by atoms with Crippen LogP contribution in [0.5, 0.6) is 5.75 Å². The molecule has 1 heterocycles. The summed E-state index contributed by atoms with van der Waals surface area (Å²) in [4.78, 5) is 0. The second kappa shape index (κ2) is 2.43. The summed E-state index contributed by atoms with van der Waals surface area (Å²) in [6.07, 6.45) is 1.65. The number of rotatable bonds is 1. The molecule has 0 bridgehead atoms. The Labute approximate surface area is 59.0 Å². The molecule has 0 aliphatic heterocycles. The lowest BCUT2D eigenvalue weighted by Gasteiger charge is -1.99. The van der Waals surface area contributed by atoms with Crippen LogP contribution in [0.15, 0.2) is 18.3 Å². The molecule has 4 nitrogen and oxygen atoms in total. The number of ether oxygens (including phenoxy) is 1. The third-order valence-electron chi connectivity index (χ3n) is 1.24. The minimum atomic E-state index is 0.421. The average molecular weight is 140 g/mol. The molecule has 0 aliphatic rings. The first kappa shape index (κ1) is 6.67. The smallest absolute Gasteiger partial charge is 0.338 e. The summed E-state index contributed by atoms with van der Waals surface area (Å²) in [6, 6.07) is 3.51. The summed E-state index contributed by atoms with van der Waals surface area (Å²) in [6.45, 7) is 0. The summed E-state index contributed by atoms with van der Waals surface area (Å²) in [5, 5.41) is 0. The number of nitrogens with two attached hydrogens (primary N) is 2. The van der Waals surface area contributed by atoms with Crippen LogP contribution in [-0.2, 0) is 0 Å². The molecule has 10 heavy (non-hydrogen) atoms. The van der Waals surface area contributed by atoms with Crippen molar-refractivity contribution in [3.05, 3.63) is 18.3 Å². The first-order chi connectivity index (χ1) is 4.75. The van der Waals surface area contributed by atoms with Crippen LogP contribution in [0.2, 0.25) is 0 Å². The van der Waals surface area contributed by atoms with Gasteiger partial charge in [-0.2, -0.15) is 0 Å². The number of nitrogen functional groups attached to an aromatic ring is 2. The van der Waals surface area contributed by atoms with Gasteiger partial charge in [-0.1, -0.05) is 0 Å². The van der Waals surface area contributed by atoms with Gasteiger partial charge in [0, 0.05) is 0 Å². The van der Waals surface area contributed by atoms with Gasteiger partial charge in [0.25, 0.3) is 0 Å². The topological polar surface area (TPSA) is 65.1 Å². The van der Waals surface area contributed by atoms with E-state index in [0.29, 0.717) is 11.6 Å². The zero-order valence-corrected chi connectivity index (χ0v) is 5.74. The first-order valence-electron chi connectivity index (χ1n) is 2.85. The fourth-order valence-corrected chi connectivity index (χ4v) is 0.689. The monoisotopic (exact) mass is 140 g/mol. The maximum absolute atomic E-state index is 5.51. The van der Waals surface area contributed by atoms with Gasteiger partial charge in [0.2, 0.25) is 5.75 Å². The lowest BCUT2D eigenvalue weighted by atomic mass is 10.4. The summed E-state index contributed by atoms with van der Waals surface area (Å²) >= 11 is 0. The molecule has 0 unspecified atom stereocenters. The molecule has 0 radical (unpaired) electrons. The zero-order chi connectivity index (χ0) is 7.56. The van der Waals surface area contributed by atoms with E-state index < -0.39 is 0 Å². The minimum Gasteiger partial charge on any atom is -0.489 e. The molecule has 0 saturated carbocycles. The van der Waals surface area contributed by atoms with Gasteiger partial charge in [-0.05, 0) is 12.1 Å². The third kappa shape index (κ3) is 0.953. The molecule has 4 heteroatoms. The van der Waals surface area contributed by atoms with Crippen LogP contribution < -0.4 is 21.0 Å². The van der Waals surface area contributed by atoms with Crippen molar-refractivity contribution in [2.24, 2.45) is 0 Å². The Morgan fingerprint density at radius 1 is 1.60 bits per heavy atom. The summed E-state index contributed by atoms with van der Waals surface area (Å²) in [5.74, 6) is 6.42. The molecule has 0 aromatic carbocycles. The van der Waals surface area contributed by atoms with E-state index in [2.05, 4.69) is 0 Å². The molecule has 0 fully saturated rings. The summed E-state index contributed by atoms with van der Waals surface area (Å²) in [5.41, 5.74) is 5.51. The molecule has 1 aromatic rings. The van der Waals surface area contributed by atoms with Crippen LogP contribution in [0.4, 0.5) is 5.82 Å². The van der Waals surface area contributed by atoms with Gasteiger partial charge in [0.05, 0.1) is 7.11 Å². The highest BCUT2D eigenvalue weighted by molar-refractivity contribution is 5.39. The van der Waals surface area contributed by atoms with Crippen molar-refractivity contribution in [3.8, 4) is 5.75 Å².